The summed E-state index contributed by atoms with van der Waals surface area (Å²) in [7, 11) is 1.73. The van der Waals surface area contributed by atoms with E-state index in [0.717, 1.165) is 19.6 Å². The molecule has 0 aromatic rings. The molecule has 2 atom stereocenters. The van der Waals surface area contributed by atoms with E-state index >= 15 is 0 Å². The number of carbonyl (C=O) groups excluding carboxylic acids is 1. The fourth-order valence-electron chi connectivity index (χ4n) is 1.70. The lowest BCUT2D eigenvalue weighted by Crippen LogP contribution is -2.42. The quantitative estimate of drug-likeness (QED) is 0.655. The fourth-order valence-corrected chi connectivity index (χ4v) is 1.70. The Morgan fingerprint density at radius 3 is 2.92 bits per heavy atom. The van der Waals surface area contributed by atoms with Crippen molar-refractivity contribution in [1.29, 1.82) is 0 Å². The zero-order chi connectivity index (χ0) is 9.84. The Kier molecular flexibility index (Phi) is 3.88. The number of Topliss-reactive ketones (excluding diaryl/α,β-unsaturated/α-hetero) is 1. The van der Waals surface area contributed by atoms with E-state index in [0.29, 0.717) is 12.2 Å². The second kappa shape index (κ2) is 4.72. The maximum Gasteiger partial charge on any atom is 0.138 e. The maximum atomic E-state index is 11.2. The number of hydrogen-bond donors (Lipinski definition) is 0. The molecule has 3 heteroatoms. The Labute approximate surface area is 80.1 Å². The van der Waals surface area contributed by atoms with Crippen molar-refractivity contribution >= 4 is 5.78 Å². The third-order valence-electron chi connectivity index (χ3n) is 2.67. The highest BCUT2D eigenvalue weighted by atomic mass is 16.5. The molecule has 0 bridgehead atoms. The Balaban J connectivity index is 2.33. The monoisotopic (exact) mass is 185 g/mol. The first kappa shape index (κ1) is 10.7. The topological polar surface area (TPSA) is 29.5 Å². The Morgan fingerprint density at radius 2 is 2.38 bits per heavy atom. The first-order chi connectivity index (χ1) is 6.13. The second-order valence-corrected chi connectivity index (χ2v) is 3.92. The highest BCUT2D eigenvalue weighted by Gasteiger charge is 2.23. The number of likely N-dealkylation sites (tertiary alicyclic amines) is 1. The van der Waals surface area contributed by atoms with Crippen LogP contribution in [0.3, 0.4) is 0 Å². The summed E-state index contributed by atoms with van der Waals surface area (Å²) in [4.78, 5) is 13.5. The molecule has 0 aromatic heterocycles. The summed E-state index contributed by atoms with van der Waals surface area (Å²) in [6, 6.07) is 0. The lowest BCUT2D eigenvalue weighted by molar-refractivity contribution is -0.126. The van der Waals surface area contributed by atoms with E-state index in [-0.39, 0.29) is 12.0 Å². The zero-order valence-electron chi connectivity index (χ0n) is 8.75. The van der Waals surface area contributed by atoms with Gasteiger partial charge in [0.2, 0.25) is 0 Å². The van der Waals surface area contributed by atoms with Crippen molar-refractivity contribution in [2.45, 2.75) is 26.4 Å². The molecule has 0 aromatic carbocycles. The summed E-state index contributed by atoms with van der Waals surface area (Å²) in [5.74, 6) is 0.610. The van der Waals surface area contributed by atoms with Crippen molar-refractivity contribution in [2.24, 2.45) is 5.92 Å². The molecule has 1 aliphatic heterocycles. The number of rotatable bonds is 3. The Bertz CT molecular complexity index is 182. The minimum Gasteiger partial charge on any atom is -0.380 e. The van der Waals surface area contributed by atoms with Gasteiger partial charge in [-0.25, -0.2) is 0 Å². The fraction of sp³-hybridized carbons (Fsp3) is 0.900. The van der Waals surface area contributed by atoms with Gasteiger partial charge in [-0.15, -0.1) is 0 Å². The van der Waals surface area contributed by atoms with Gasteiger partial charge in [-0.05, 0) is 6.92 Å². The smallest absolute Gasteiger partial charge is 0.138 e. The van der Waals surface area contributed by atoms with Gasteiger partial charge in [0, 0.05) is 39.1 Å². The number of ketones is 1. The lowest BCUT2D eigenvalue weighted by Gasteiger charge is -2.31. The van der Waals surface area contributed by atoms with E-state index in [4.69, 9.17) is 4.74 Å². The van der Waals surface area contributed by atoms with Crippen LogP contribution in [-0.4, -0.2) is 43.5 Å². The number of ether oxygens (including phenoxy) is 1. The van der Waals surface area contributed by atoms with Crippen LogP contribution in [0.2, 0.25) is 0 Å². The molecule has 1 heterocycles. The van der Waals surface area contributed by atoms with Crippen LogP contribution in [0, 0.1) is 5.92 Å². The molecular formula is C10H19NO2. The van der Waals surface area contributed by atoms with Crippen molar-refractivity contribution in [3.63, 3.8) is 0 Å². The van der Waals surface area contributed by atoms with E-state index in [1.807, 2.05) is 6.92 Å². The SMILES string of the molecule is COC(C)CN1CCC(=O)C(C)C1. The number of methoxy groups -OCH3 is 1. The summed E-state index contributed by atoms with van der Waals surface area (Å²) >= 11 is 0. The van der Waals surface area contributed by atoms with Gasteiger partial charge >= 0.3 is 0 Å². The second-order valence-electron chi connectivity index (χ2n) is 3.92. The minimum absolute atomic E-state index is 0.206. The molecule has 3 nitrogen and oxygen atoms in total. The van der Waals surface area contributed by atoms with Crippen LogP contribution in [-0.2, 0) is 9.53 Å². The standard InChI is InChI=1S/C10H19NO2/c1-8-6-11(5-4-10(8)12)7-9(2)13-3/h8-9H,4-7H2,1-3H3. The van der Waals surface area contributed by atoms with Gasteiger partial charge < -0.3 is 4.74 Å². The van der Waals surface area contributed by atoms with E-state index in [2.05, 4.69) is 11.8 Å². The summed E-state index contributed by atoms with van der Waals surface area (Å²) in [5, 5.41) is 0. The van der Waals surface area contributed by atoms with Crippen LogP contribution in [0.1, 0.15) is 20.3 Å². The van der Waals surface area contributed by atoms with Gasteiger partial charge in [-0.1, -0.05) is 6.92 Å². The Hall–Kier alpha value is -0.410. The predicted octanol–water partition coefficient (Wildman–Crippen LogP) is 0.932. The number of hydrogen-bond acceptors (Lipinski definition) is 3. The molecule has 1 rings (SSSR count). The van der Waals surface area contributed by atoms with Crippen molar-refractivity contribution in [3.8, 4) is 0 Å². The molecule has 0 radical (unpaired) electrons. The van der Waals surface area contributed by atoms with E-state index < -0.39 is 0 Å². The largest absolute Gasteiger partial charge is 0.380 e. The minimum atomic E-state index is 0.206. The number of piperidine rings is 1. The highest BCUT2D eigenvalue weighted by Crippen LogP contribution is 2.12. The van der Waals surface area contributed by atoms with E-state index in [9.17, 15) is 4.79 Å². The van der Waals surface area contributed by atoms with Crippen molar-refractivity contribution < 1.29 is 9.53 Å². The molecule has 13 heavy (non-hydrogen) atoms. The van der Waals surface area contributed by atoms with Crippen LogP contribution in [0.5, 0.6) is 0 Å². The molecule has 2 unspecified atom stereocenters. The highest BCUT2D eigenvalue weighted by molar-refractivity contribution is 5.81. The predicted molar refractivity (Wildman–Crippen MR) is 51.7 cm³/mol. The molecule has 0 aliphatic carbocycles. The van der Waals surface area contributed by atoms with Gasteiger partial charge in [0.25, 0.3) is 0 Å². The molecule has 1 saturated heterocycles. The van der Waals surface area contributed by atoms with E-state index in [1.54, 1.807) is 7.11 Å². The summed E-state index contributed by atoms with van der Waals surface area (Å²) in [6.45, 7) is 6.80. The third-order valence-corrected chi connectivity index (χ3v) is 2.67. The van der Waals surface area contributed by atoms with Crippen LogP contribution < -0.4 is 0 Å². The first-order valence-electron chi connectivity index (χ1n) is 4.91. The van der Waals surface area contributed by atoms with Crippen LogP contribution in [0.25, 0.3) is 0 Å². The molecule has 1 fully saturated rings. The van der Waals surface area contributed by atoms with Gasteiger partial charge in [0.15, 0.2) is 0 Å². The Morgan fingerprint density at radius 1 is 1.69 bits per heavy atom. The molecule has 0 spiro atoms. The lowest BCUT2D eigenvalue weighted by atomic mass is 9.98. The zero-order valence-corrected chi connectivity index (χ0v) is 8.75. The first-order valence-corrected chi connectivity index (χ1v) is 4.91. The molecule has 0 saturated carbocycles. The normalized spacial score (nSPS) is 27.6. The molecule has 1 aliphatic rings. The van der Waals surface area contributed by atoms with E-state index in [1.165, 1.54) is 0 Å². The molecule has 0 amide bonds. The molecule has 76 valence electrons. The van der Waals surface area contributed by atoms with Crippen LogP contribution >= 0.6 is 0 Å². The summed E-state index contributed by atoms with van der Waals surface area (Å²) in [5.41, 5.74) is 0. The summed E-state index contributed by atoms with van der Waals surface area (Å²) in [6.07, 6.45) is 0.970. The van der Waals surface area contributed by atoms with Crippen molar-refractivity contribution in [1.82, 2.24) is 4.90 Å². The van der Waals surface area contributed by atoms with Gasteiger partial charge in [0.05, 0.1) is 6.10 Å². The number of nitrogens with zero attached hydrogens (tertiary/aromatic N) is 1. The van der Waals surface area contributed by atoms with Crippen LogP contribution in [0.15, 0.2) is 0 Å². The summed E-state index contributed by atoms with van der Waals surface area (Å²) < 4.78 is 5.19. The average molecular weight is 185 g/mol. The number of carbonyl (C=O) groups is 1. The van der Waals surface area contributed by atoms with Gasteiger partial charge in [0.1, 0.15) is 5.78 Å². The third kappa shape index (κ3) is 3.08. The molecule has 0 N–H and O–H groups in total. The van der Waals surface area contributed by atoms with Crippen molar-refractivity contribution in [3.05, 3.63) is 0 Å². The van der Waals surface area contributed by atoms with Crippen LogP contribution in [0.4, 0.5) is 0 Å². The van der Waals surface area contributed by atoms with Gasteiger partial charge in [-0.3, -0.25) is 9.69 Å². The van der Waals surface area contributed by atoms with Gasteiger partial charge in [-0.2, -0.15) is 0 Å². The maximum absolute atomic E-state index is 11.2. The average Bonchev–Trinajstić information content (AvgIpc) is 2.11. The molecular weight excluding hydrogens is 166 g/mol. The van der Waals surface area contributed by atoms with Crippen molar-refractivity contribution in [2.75, 3.05) is 26.7 Å².